The van der Waals surface area contributed by atoms with Crippen molar-refractivity contribution < 1.29 is 4.79 Å². The first-order chi connectivity index (χ1) is 6.91. The molecule has 0 saturated carbocycles. The smallest absolute Gasteiger partial charge is 0.250 e. The van der Waals surface area contributed by atoms with Crippen LogP contribution in [0.2, 0.25) is 10.0 Å². The molecule has 80 valence electrons. The molecule has 0 aliphatic rings. The van der Waals surface area contributed by atoms with E-state index in [0.717, 1.165) is 0 Å². The first-order valence-corrected chi connectivity index (χ1v) is 4.88. The zero-order chi connectivity index (χ0) is 11.6. The molecule has 1 amide bonds. The third kappa shape index (κ3) is 2.88. The minimum atomic E-state index is -0.330. The zero-order valence-electron chi connectivity index (χ0n) is 8.10. The van der Waals surface area contributed by atoms with Gasteiger partial charge in [0.05, 0.1) is 15.7 Å². The molecule has 0 bridgehead atoms. The summed E-state index contributed by atoms with van der Waals surface area (Å²) in [6, 6.07) is 3.03. The van der Waals surface area contributed by atoms with Crippen molar-refractivity contribution in [3.63, 3.8) is 0 Å². The van der Waals surface area contributed by atoms with Crippen LogP contribution in [0.15, 0.2) is 24.3 Å². The average Bonchev–Trinajstić information content (AvgIpc) is 2.10. The minimum absolute atomic E-state index is 0.301. The van der Waals surface area contributed by atoms with Crippen molar-refractivity contribution in [1.29, 1.82) is 0 Å². The second kappa shape index (κ2) is 4.55. The molecule has 0 aliphatic carbocycles. The number of amides is 1. The van der Waals surface area contributed by atoms with Crippen LogP contribution in [-0.2, 0) is 4.79 Å². The Labute approximate surface area is 97.9 Å². The number of hydrogen-bond donors (Lipinski definition) is 2. The van der Waals surface area contributed by atoms with E-state index in [1.54, 1.807) is 6.92 Å². The summed E-state index contributed by atoms with van der Waals surface area (Å²) in [5, 5.41) is 3.15. The van der Waals surface area contributed by atoms with Crippen molar-refractivity contribution in [1.82, 2.24) is 0 Å². The molecule has 0 unspecified atom stereocenters. The summed E-state index contributed by atoms with van der Waals surface area (Å²) < 4.78 is 0. The highest BCUT2D eigenvalue weighted by atomic mass is 35.5. The van der Waals surface area contributed by atoms with Crippen LogP contribution in [-0.4, -0.2) is 5.91 Å². The van der Waals surface area contributed by atoms with Crippen LogP contribution in [0.25, 0.3) is 0 Å². The van der Waals surface area contributed by atoms with Gasteiger partial charge in [0, 0.05) is 11.3 Å². The Morgan fingerprint density at radius 2 is 1.87 bits per heavy atom. The summed E-state index contributed by atoms with van der Waals surface area (Å²) in [4.78, 5) is 11.3. The second-order valence-corrected chi connectivity index (χ2v) is 3.91. The summed E-state index contributed by atoms with van der Waals surface area (Å²) in [6.45, 7) is 5.10. The van der Waals surface area contributed by atoms with Crippen molar-refractivity contribution in [3.8, 4) is 0 Å². The molecule has 0 atom stereocenters. The third-order valence-corrected chi connectivity index (χ3v) is 2.29. The lowest BCUT2D eigenvalue weighted by Crippen LogP contribution is -2.12. The normalized spacial score (nSPS) is 9.80. The molecule has 0 radical (unpaired) electrons. The van der Waals surface area contributed by atoms with Gasteiger partial charge in [-0.15, -0.1) is 0 Å². The molecular weight excluding hydrogens is 235 g/mol. The van der Waals surface area contributed by atoms with E-state index in [2.05, 4.69) is 11.9 Å². The highest BCUT2D eigenvalue weighted by molar-refractivity contribution is 6.40. The fourth-order valence-electron chi connectivity index (χ4n) is 0.932. The summed E-state index contributed by atoms with van der Waals surface area (Å²) in [7, 11) is 0. The Hall–Kier alpha value is -1.19. The Morgan fingerprint density at radius 1 is 1.40 bits per heavy atom. The van der Waals surface area contributed by atoms with Crippen LogP contribution in [0.4, 0.5) is 11.4 Å². The summed E-state index contributed by atoms with van der Waals surface area (Å²) >= 11 is 11.7. The van der Waals surface area contributed by atoms with Crippen molar-refractivity contribution >= 4 is 40.5 Å². The van der Waals surface area contributed by atoms with Gasteiger partial charge in [-0.05, 0) is 19.1 Å². The SMILES string of the molecule is C=C(C)C(=O)Nc1c(Cl)cc(N)cc1Cl. The minimum Gasteiger partial charge on any atom is -0.399 e. The number of anilines is 2. The molecule has 1 rings (SSSR count). The summed E-state index contributed by atoms with van der Waals surface area (Å²) in [6.07, 6.45) is 0. The average molecular weight is 245 g/mol. The van der Waals surface area contributed by atoms with Gasteiger partial charge in [0.25, 0.3) is 5.91 Å². The Balaban J connectivity index is 3.05. The number of nitrogens with two attached hydrogens (primary N) is 1. The maximum Gasteiger partial charge on any atom is 0.250 e. The van der Waals surface area contributed by atoms with E-state index in [1.807, 2.05) is 0 Å². The van der Waals surface area contributed by atoms with Gasteiger partial charge in [-0.25, -0.2) is 0 Å². The number of hydrogen-bond acceptors (Lipinski definition) is 2. The molecule has 15 heavy (non-hydrogen) atoms. The molecule has 3 nitrogen and oxygen atoms in total. The van der Waals surface area contributed by atoms with E-state index < -0.39 is 0 Å². The molecular formula is C10H10Cl2N2O. The number of carbonyl (C=O) groups is 1. The summed E-state index contributed by atoms with van der Waals surface area (Å²) in [5.74, 6) is -0.330. The van der Waals surface area contributed by atoms with E-state index in [9.17, 15) is 4.79 Å². The maximum absolute atomic E-state index is 11.3. The van der Waals surface area contributed by atoms with Gasteiger partial charge in [-0.2, -0.15) is 0 Å². The van der Waals surface area contributed by atoms with Crippen molar-refractivity contribution in [2.75, 3.05) is 11.1 Å². The summed E-state index contributed by atoms with van der Waals surface area (Å²) in [5.41, 5.74) is 6.68. The molecule has 1 aromatic rings. The topological polar surface area (TPSA) is 55.1 Å². The van der Waals surface area contributed by atoms with Gasteiger partial charge < -0.3 is 11.1 Å². The van der Waals surface area contributed by atoms with E-state index in [1.165, 1.54) is 12.1 Å². The maximum atomic E-state index is 11.3. The van der Waals surface area contributed by atoms with Gasteiger partial charge in [0.1, 0.15) is 0 Å². The lowest BCUT2D eigenvalue weighted by Gasteiger charge is -2.09. The largest absolute Gasteiger partial charge is 0.399 e. The third-order valence-electron chi connectivity index (χ3n) is 1.69. The van der Waals surface area contributed by atoms with Crippen molar-refractivity contribution in [2.45, 2.75) is 6.92 Å². The van der Waals surface area contributed by atoms with Gasteiger partial charge in [-0.1, -0.05) is 29.8 Å². The molecule has 0 fully saturated rings. The number of benzene rings is 1. The first-order valence-electron chi connectivity index (χ1n) is 4.13. The molecule has 0 aromatic heterocycles. The van der Waals surface area contributed by atoms with Crippen LogP contribution in [0.3, 0.4) is 0 Å². The van der Waals surface area contributed by atoms with Crippen LogP contribution in [0, 0.1) is 0 Å². The van der Waals surface area contributed by atoms with Gasteiger partial charge in [-0.3, -0.25) is 4.79 Å². The van der Waals surface area contributed by atoms with Crippen molar-refractivity contribution in [2.24, 2.45) is 0 Å². The molecule has 3 N–H and O–H groups in total. The second-order valence-electron chi connectivity index (χ2n) is 3.09. The number of rotatable bonds is 2. The molecule has 1 aromatic carbocycles. The standard InChI is InChI=1S/C10H10Cl2N2O/c1-5(2)10(15)14-9-7(11)3-6(13)4-8(9)12/h3-4H,1,13H2,2H3,(H,14,15). The van der Waals surface area contributed by atoms with Crippen LogP contribution in [0.1, 0.15) is 6.92 Å². The Kier molecular flexibility index (Phi) is 3.61. The molecule has 0 spiro atoms. The lowest BCUT2D eigenvalue weighted by atomic mass is 10.2. The van der Waals surface area contributed by atoms with Crippen LogP contribution >= 0.6 is 23.2 Å². The van der Waals surface area contributed by atoms with E-state index in [0.29, 0.717) is 27.0 Å². The molecule has 5 heteroatoms. The number of carbonyl (C=O) groups excluding carboxylic acids is 1. The fourth-order valence-corrected chi connectivity index (χ4v) is 1.53. The molecule has 0 heterocycles. The number of halogens is 2. The Bertz CT molecular complexity index is 406. The highest BCUT2D eigenvalue weighted by Crippen LogP contribution is 2.32. The lowest BCUT2D eigenvalue weighted by molar-refractivity contribution is -0.112. The quantitative estimate of drug-likeness (QED) is 0.621. The zero-order valence-corrected chi connectivity index (χ0v) is 9.62. The molecule has 0 saturated heterocycles. The molecule has 0 aliphatic heterocycles. The predicted molar refractivity (Wildman–Crippen MR) is 64.3 cm³/mol. The Morgan fingerprint density at radius 3 is 2.27 bits per heavy atom. The van der Waals surface area contributed by atoms with E-state index in [-0.39, 0.29) is 5.91 Å². The van der Waals surface area contributed by atoms with Gasteiger partial charge >= 0.3 is 0 Å². The van der Waals surface area contributed by atoms with E-state index in [4.69, 9.17) is 28.9 Å². The van der Waals surface area contributed by atoms with Crippen LogP contribution in [0.5, 0.6) is 0 Å². The van der Waals surface area contributed by atoms with Crippen molar-refractivity contribution in [3.05, 3.63) is 34.3 Å². The van der Waals surface area contributed by atoms with Gasteiger partial charge in [0.2, 0.25) is 0 Å². The fraction of sp³-hybridized carbons (Fsp3) is 0.100. The highest BCUT2D eigenvalue weighted by Gasteiger charge is 2.10. The number of nitrogens with one attached hydrogen (secondary N) is 1. The van der Waals surface area contributed by atoms with Crippen LogP contribution < -0.4 is 11.1 Å². The predicted octanol–water partition coefficient (Wildman–Crippen LogP) is 3.09. The monoisotopic (exact) mass is 244 g/mol. The van der Waals surface area contributed by atoms with E-state index >= 15 is 0 Å². The number of nitrogen functional groups attached to an aromatic ring is 1. The first kappa shape index (κ1) is 11.9. The van der Waals surface area contributed by atoms with Gasteiger partial charge in [0.15, 0.2) is 0 Å².